The Kier molecular flexibility index (Phi) is 4.71. The maximum Gasteiger partial charge on any atom is 0.223 e. The largest absolute Gasteiger partial charge is 0.377 e. The molecular weight excluding hydrogens is 294 g/mol. The third kappa shape index (κ3) is 3.59. The first kappa shape index (κ1) is 15.7. The third-order valence-corrected chi connectivity index (χ3v) is 4.23. The number of morpholine rings is 1. The summed E-state index contributed by atoms with van der Waals surface area (Å²) in [6.07, 6.45) is 2.49. The first-order chi connectivity index (χ1) is 11.1. The predicted molar refractivity (Wildman–Crippen MR) is 83.8 cm³/mol. The van der Waals surface area contributed by atoms with Gasteiger partial charge in [-0.25, -0.2) is 0 Å². The van der Waals surface area contributed by atoms with Gasteiger partial charge in [0.05, 0.1) is 13.2 Å². The van der Waals surface area contributed by atoms with E-state index in [1.54, 1.807) is 4.90 Å². The van der Waals surface area contributed by atoms with E-state index >= 15 is 0 Å². The molecule has 6 heteroatoms. The molecule has 1 aromatic heterocycles. The van der Waals surface area contributed by atoms with E-state index in [-0.39, 0.29) is 11.9 Å². The van der Waals surface area contributed by atoms with Gasteiger partial charge in [-0.15, -0.1) is 0 Å². The molecule has 1 amide bonds. The second-order valence-corrected chi connectivity index (χ2v) is 5.90. The molecule has 2 aromatic rings. The zero-order valence-electron chi connectivity index (χ0n) is 13.5. The number of aryl methyl sites for hydroxylation is 3. The van der Waals surface area contributed by atoms with Crippen LogP contribution in [0.5, 0.6) is 0 Å². The van der Waals surface area contributed by atoms with Crippen LogP contribution in [0.25, 0.3) is 0 Å². The van der Waals surface area contributed by atoms with E-state index in [0.29, 0.717) is 32.0 Å². The molecule has 1 saturated heterocycles. The Morgan fingerprint density at radius 2 is 2.26 bits per heavy atom. The Hall–Kier alpha value is -2.21. The molecule has 0 unspecified atom stereocenters. The van der Waals surface area contributed by atoms with E-state index in [2.05, 4.69) is 42.2 Å². The summed E-state index contributed by atoms with van der Waals surface area (Å²) in [5.74, 6) is 0.604. The van der Waals surface area contributed by atoms with Crippen LogP contribution in [0.1, 0.15) is 35.0 Å². The van der Waals surface area contributed by atoms with Crippen molar-refractivity contribution in [2.45, 2.75) is 32.7 Å². The summed E-state index contributed by atoms with van der Waals surface area (Å²) in [5.41, 5.74) is 3.69. The molecule has 1 fully saturated rings. The Labute approximate surface area is 135 Å². The van der Waals surface area contributed by atoms with E-state index in [0.717, 1.165) is 6.42 Å². The van der Waals surface area contributed by atoms with Crippen LogP contribution < -0.4 is 0 Å². The Morgan fingerprint density at radius 1 is 1.39 bits per heavy atom. The quantitative estimate of drug-likeness (QED) is 0.865. The van der Waals surface area contributed by atoms with Gasteiger partial charge in [0.1, 0.15) is 6.04 Å². The van der Waals surface area contributed by atoms with E-state index in [4.69, 9.17) is 9.26 Å². The molecular formula is C17H21N3O3. The number of amides is 1. The lowest BCUT2D eigenvalue weighted by Gasteiger charge is -2.33. The van der Waals surface area contributed by atoms with Crippen LogP contribution in [-0.4, -0.2) is 40.7 Å². The summed E-state index contributed by atoms with van der Waals surface area (Å²) in [4.78, 5) is 18.5. The smallest absolute Gasteiger partial charge is 0.223 e. The number of carbonyl (C=O) groups excluding carboxylic acids is 1. The SMILES string of the molecule is Cc1ccc(CCC(=O)N2CCOC[C@@H]2c2ncon2)c(C)c1. The summed E-state index contributed by atoms with van der Waals surface area (Å²) >= 11 is 0. The summed E-state index contributed by atoms with van der Waals surface area (Å²) < 4.78 is 10.3. The topological polar surface area (TPSA) is 68.5 Å². The van der Waals surface area contributed by atoms with Gasteiger partial charge in [0.25, 0.3) is 0 Å². The van der Waals surface area contributed by atoms with Crippen LogP contribution in [0.2, 0.25) is 0 Å². The Bertz CT molecular complexity index is 670. The lowest BCUT2D eigenvalue weighted by molar-refractivity contribution is -0.140. The van der Waals surface area contributed by atoms with Gasteiger partial charge >= 0.3 is 0 Å². The van der Waals surface area contributed by atoms with Gasteiger partial charge in [-0.3, -0.25) is 4.79 Å². The highest BCUT2D eigenvalue weighted by atomic mass is 16.5. The fourth-order valence-corrected chi connectivity index (χ4v) is 2.95. The highest BCUT2D eigenvalue weighted by molar-refractivity contribution is 5.77. The number of hydrogen-bond donors (Lipinski definition) is 0. The average Bonchev–Trinajstić information content (AvgIpc) is 3.08. The fourth-order valence-electron chi connectivity index (χ4n) is 2.95. The fraction of sp³-hybridized carbons (Fsp3) is 0.471. The van der Waals surface area contributed by atoms with Crippen molar-refractivity contribution in [3.8, 4) is 0 Å². The van der Waals surface area contributed by atoms with Crippen molar-refractivity contribution in [2.24, 2.45) is 0 Å². The molecule has 0 radical (unpaired) electrons. The summed E-state index contributed by atoms with van der Waals surface area (Å²) in [7, 11) is 0. The average molecular weight is 315 g/mol. The summed E-state index contributed by atoms with van der Waals surface area (Å²) in [6, 6.07) is 6.09. The molecule has 0 spiro atoms. The van der Waals surface area contributed by atoms with Crippen molar-refractivity contribution in [1.29, 1.82) is 0 Å². The van der Waals surface area contributed by atoms with Crippen LogP contribution in [0.3, 0.4) is 0 Å². The molecule has 1 aliphatic rings. The standard InChI is InChI=1S/C17H21N3O3/c1-12-3-4-14(13(2)9-12)5-6-16(21)20-7-8-22-10-15(20)17-18-11-23-19-17/h3-4,9,11,15H,5-8,10H2,1-2H3/t15-/m1/s1. The first-order valence-corrected chi connectivity index (χ1v) is 7.85. The number of aromatic nitrogens is 2. The van der Waals surface area contributed by atoms with E-state index in [1.807, 2.05) is 0 Å². The van der Waals surface area contributed by atoms with Crippen molar-refractivity contribution in [1.82, 2.24) is 15.0 Å². The zero-order valence-corrected chi connectivity index (χ0v) is 13.5. The molecule has 0 aliphatic carbocycles. The third-order valence-electron chi connectivity index (χ3n) is 4.23. The number of ether oxygens (including phenoxy) is 1. The maximum absolute atomic E-state index is 12.6. The van der Waals surface area contributed by atoms with Gasteiger partial charge in [0, 0.05) is 13.0 Å². The normalized spacial score (nSPS) is 18.2. The molecule has 1 aliphatic heterocycles. The van der Waals surface area contributed by atoms with Gasteiger partial charge in [-0.1, -0.05) is 28.9 Å². The Balaban J connectivity index is 1.66. The van der Waals surface area contributed by atoms with Gasteiger partial charge < -0.3 is 14.2 Å². The first-order valence-electron chi connectivity index (χ1n) is 7.85. The van der Waals surface area contributed by atoms with Crippen LogP contribution >= 0.6 is 0 Å². The molecule has 0 saturated carbocycles. The molecule has 1 aromatic carbocycles. The van der Waals surface area contributed by atoms with Crippen molar-refractivity contribution in [3.63, 3.8) is 0 Å². The van der Waals surface area contributed by atoms with E-state index in [1.165, 1.54) is 23.1 Å². The van der Waals surface area contributed by atoms with E-state index in [9.17, 15) is 4.79 Å². The molecule has 6 nitrogen and oxygen atoms in total. The van der Waals surface area contributed by atoms with Crippen molar-refractivity contribution in [3.05, 3.63) is 47.1 Å². The molecule has 2 heterocycles. The number of carbonyl (C=O) groups is 1. The second kappa shape index (κ2) is 6.91. The van der Waals surface area contributed by atoms with Crippen molar-refractivity contribution in [2.75, 3.05) is 19.8 Å². The number of benzene rings is 1. The highest BCUT2D eigenvalue weighted by Crippen LogP contribution is 2.23. The van der Waals surface area contributed by atoms with Crippen LogP contribution in [0, 0.1) is 13.8 Å². The Morgan fingerprint density at radius 3 is 3.00 bits per heavy atom. The van der Waals surface area contributed by atoms with Gasteiger partial charge in [0.2, 0.25) is 12.3 Å². The van der Waals surface area contributed by atoms with Crippen molar-refractivity contribution < 1.29 is 14.1 Å². The van der Waals surface area contributed by atoms with E-state index < -0.39 is 0 Å². The lowest BCUT2D eigenvalue weighted by atomic mass is 10.0. The molecule has 0 bridgehead atoms. The number of nitrogens with zero attached hydrogens (tertiary/aromatic N) is 3. The van der Waals surface area contributed by atoms with Gasteiger partial charge in [-0.05, 0) is 31.4 Å². The maximum atomic E-state index is 12.6. The molecule has 3 rings (SSSR count). The molecule has 122 valence electrons. The minimum absolute atomic E-state index is 0.100. The zero-order chi connectivity index (χ0) is 16.2. The van der Waals surface area contributed by atoms with Crippen molar-refractivity contribution >= 4 is 5.91 Å². The summed E-state index contributed by atoms with van der Waals surface area (Å²) in [6.45, 7) is 5.68. The lowest BCUT2D eigenvalue weighted by Crippen LogP contribution is -2.43. The monoisotopic (exact) mass is 315 g/mol. The second-order valence-electron chi connectivity index (χ2n) is 5.90. The molecule has 1 atom stereocenters. The molecule has 0 N–H and O–H groups in total. The minimum atomic E-state index is -0.255. The number of rotatable bonds is 4. The highest BCUT2D eigenvalue weighted by Gasteiger charge is 2.31. The predicted octanol–water partition coefficient (Wildman–Crippen LogP) is 2.22. The van der Waals surface area contributed by atoms with Gasteiger partial charge in [0.15, 0.2) is 5.82 Å². The summed E-state index contributed by atoms with van der Waals surface area (Å²) in [5, 5.41) is 3.85. The van der Waals surface area contributed by atoms with Crippen LogP contribution in [-0.2, 0) is 16.0 Å². The minimum Gasteiger partial charge on any atom is -0.377 e. The van der Waals surface area contributed by atoms with Crippen LogP contribution in [0.15, 0.2) is 29.1 Å². The van der Waals surface area contributed by atoms with Gasteiger partial charge in [-0.2, -0.15) is 4.98 Å². The number of hydrogen-bond acceptors (Lipinski definition) is 5. The molecule has 23 heavy (non-hydrogen) atoms. The van der Waals surface area contributed by atoms with Crippen LogP contribution in [0.4, 0.5) is 0 Å².